The molecule has 1 N–H and O–H groups in total. The summed E-state index contributed by atoms with van der Waals surface area (Å²) in [5, 5.41) is 9.00. The summed E-state index contributed by atoms with van der Waals surface area (Å²) in [6.07, 6.45) is 1.14. The van der Waals surface area contributed by atoms with Crippen molar-refractivity contribution in [2.75, 3.05) is 20.2 Å². The minimum absolute atomic E-state index is 0.287. The van der Waals surface area contributed by atoms with Crippen LogP contribution in [0.3, 0.4) is 0 Å². The summed E-state index contributed by atoms with van der Waals surface area (Å²) in [5.41, 5.74) is 1.16. The van der Waals surface area contributed by atoms with Crippen LogP contribution in [0.4, 0.5) is 4.79 Å². The lowest BCUT2D eigenvalue weighted by Gasteiger charge is -2.31. The van der Waals surface area contributed by atoms with Crippen molar-refractivity contribution in [3.8, 4) is 5.75 Å². The fourth-order valence-electron chi connectivity index (χ4n) is 2.32. The van der Waals surface area contributed by atoms with Gasteiger partial charge in [0.05, 0.1) is 7.11 Å². The molecule has 1 heterocycles. The molecule has 17 heavy (non-hydrogen) atoms. The summed E-state index contributed by atoms with van der Waals surface area (Å²) in [6, 6.07) is 7.89. The zero-order chi connectivity index (χ0) is 12.3. The molecule has 0 radical (unpaired) electrons. The van der Waals surface area contributed by atoms with Gasteiger partial charge < -0.3 is 14.7 Å². The summed E-state index contributed by atoms with van der Waals surface area (Å²) in [6.45, 7) is 1.23. The normalized spacial score (nSPS) is 20.1. The molecule has 1 saturated heterocycles. The van der Waals surface area contributed by atoms with Gasteiger partial charge in [0.15, 0.2) is 0 Å². The van der Waals surface area contributed by atoms with Gasteiger partial charge in [0.25, 0.3) is 0 Å². The van der Waals surface area contributed by atoms with Gasteiger partial charge in [0.2, 0.25) is 0 Å². The Balaban J connectivity index is 2.13. The number of ether oxygens (including phenoxy) is 1. The van der Waals surface area contributed by atoms with E-state index in [4.69, 9.17) is 9.84 Å². The number of hydrogen-bond donors (Lipinski definition) is 1. The molecule has 0 bridgehead atoms. The molecule has 4 nitrogen and oxygen atoms in total. The van der Waals surface area contributed by atoms with E-state index < -0.39 is 6.09 Å². The Kier molecular flexibility index (Phi) is 3.52. The zero-order valence-electron chi connectivity index (χ0n) is 9.93. The molecule has 92 valence electrons. The average Bonchev–Trinajstić information content (AvgIpc) is 2.39. The second-order valence-corrected chi connectivity index (χ2v) is 4.34. The van der Waals surface area contributed by atoms with Crippen LogP contribution < -0.4 is 4.74 Å². The summed E-state index contributed by atoms with van der Waals surface area (Å²) >= 11 is 0. The van der Waals surface area contributed by atoms with E-state index >= 15 is 0 Å². The largest absolute Gasteiger partial charge is 0.497 e. The Morgan fingerprint density at radius 1 is 1.53 bits per heavy atom. The highest BCUT2D eigenvalue weighted by Gasteiger charge is 2.24. The molecule has 1 aromatic rings. The van der Waals surface area contributed by atoms with Gasteiger partial charge in [-0.2, -0.15) is 0 Å². The fraction of sp³-hybridized carbons (Fsp3) is 0.462. The molecule has 1 atom stereocenters. The van der Waals surface area contributed by atoms with Gasteiger partial charge in [-0.3, -0.25) is 0 Å². The monoisotopic (exact) mass is 235 g/mol. The summed E-state index contributed by atoms with van der Waals surface area (Å²) in [4.78, 5) is 12.4. The van der Waals surface area contributed by atoms with Crippen molar-refractivity contribution in [3.05, 3.63) is 29.8 Å². The molecule has 0 saturated carbocycles. The third-order valence-electron chi connectivity index (χ3n) is 3.26. The van der Waals surface area contributed by atoms with E-state index in [0.29, 0.717) is 13.1 Å². The highest BCUT2D eigenvalue weighted by Crippen LogP contribution is 2.28. The number of rotatable bonds is 2. The van der Waals surface area contributed by atoms with E-state index in [9.17, 15) is 4.79 Å². The maximum absolute atomic E-state index is 11.0. The molecule has 0 aromatic heterocycles. The second kappa shape index (κ2) is 5.08. The van der Waals surface area contributed by atoms with Crippen molar-refractivity contribution in [3.63, 3.8) is 0 Å². The van der Waals surface area contributed by atoms with Crippen LogP contribution >= 0.6 is 0 Å². The third kappa shape index (κ3) is 2.70. The molecular weight excluding hydrogens is 218 g/mol. The fourth-order valence-corrected chi connectivity index (χ4v) is 2.32. The molecule has 2 rings (SSSR count). The van der Waals surface area contributed by atoms with Crippen molar-refractivity contribution >= 4 is 6.09 Å². The maximum atomic E-state index is 11.0. The first kappa shape index (κ1) is 11.8. The lowest BCUT2D eigenvalue weighted by Crippen LogP contribution is -2.38. The molecule has 1 aromatic carbocycles. The number of hydrogen-bond acceptors (Lipinski definition) is 2. The number of carbonyl (C=O) groups is 1. The van der Waals surface area contributed by atoms with Gasteiger partial charge in [-0.25, -0.2) is 4.79 Å². The first-order valence-electron chi connectivity index (χ1n) is 5.82. The highest BCUT2D eigenvalue weighted by atomic mass is 16.5. The molecule has 0 spiro atoms. The summed E-state index contributed by atoms with van der Waals surface area (Å²) < 4.78 is 5.19. The van der Waals surface area contributed by atoms with Crippen molar-refractivity contribution < 1.29 is 14.6 Å². The van der Waals surface area contributed by atoms with Crippen LogP contribution in [-0.2, 0) is 0 Å². The minimum atomic E-state index is -0.822. The van der Waals surface area contributed by atoms with Gasteiger partial charge in [-0.1, -0.05) is 12.1 Å². The number of carboxylic acid groups (broad SMARTS) is 1. The molecule has 4 heteroatoms. The molecule has 1 aliphatic heterocycles. The lowest BCUT2D eigenvalue weighted by atomic mass is 9.91. The first-order chi connectivity index (χ1) is 8.20. The predicted molar refractivity (Wildman–Crippen MR) is 64.6 cm³/mol. The van der Waals surface area contributed by atoms with E-state index in [1.807, 2.05) is 24.3 Å². The Morgan fingerprint density at radius 3 is 3.06 bits per heavy atom. The Bertz CT molecular complexity index is 405. The predicted octanol–water partition coefficient (Wildman–Crippen LogP) is 2.55. The number of nitrogens with zero attached hydrogens (tertiary/aromatic N) is 1. The van der Waals surface area contributed by atoms with E-state index in [-0.39, 0.29) is 5.92 Å². The average molecular weight is 235 g/mol. The summed E-state index contributed by atoms with van der Waals surface area (Å²) in [5.74, 6) is 1.12. The molecule has 1 fully saturated rings. The van der Waals surface area contributed by atoms with Crippen LogP contribution in [0.15, 0.2) is 24.3 Å². The van der Waals surface area contributed by atoms with Gasteiger partial charge in [0.1, 0.15) is 5.75 Å². The van der Waals surface area contributed by atoms with Gasteiger partial charge in [-0.05, 0) is 30.5 Å². The van der Waals surface area contributed by atoms with E-state index in [1.165, 1.54) is 4.90 Å². The topological polar surface area (TPSA) is 49.8 Å². The summed E-state index contributed by atoms with van der Waals surface area (Å²) in [7, 11) is 1.64. The van der Waals surface area contributed by atoms with E-state index in [1.54, 1.807) is 7.11 Å². The zero-order valence-corrected chi connectivity index (χ0v) is 9.93. The SMILES string of the molecule is COc1cccc(C2CCCN(C(=O)O)C2)c1. The number of piperidine rings is 1. The van der Waals surface area contributed by atoms with Crippen LogP contribution in [0.5, 0.6) is 5.75 Å². The smallest absolute Gasteiger partial charge is 0.407 e. The van der Waals surface area contributed by atoms with Gasteiger partial charge >= 0.3 is 6.09 Å². The number of amides is 1. The number of methoxy groups -OCH3 is 1. The third-order valence-corrected chi connectivity index (χ3v) is 3.26. The van der Waals surface area contributed by atoms with Crippen LogP contribution in [0, 0.1) is 0 Å². The van der Waals surface area contributed by atoms with E-state index in [0.717, 1.165) is 24.2 Å². The van der Waals surface area contributed by atoms with Crippen LogP contribution in [0.25, 0.3) is 0 Å². The Labute approximate surface area is 101 Å². The molecule has 1 aliphatic rings. The van der Waals surface area contributed by atoms with Crippen molar-refractivity contribution in [1.29, 1.82) is 0 Å². The molecule has 1 unspecified atom stereocenters. The van der Waals surface area contributed by atoms with Gasteiger partial charge in [0, 0.05) is 19.0 Å². The number of likely N-dealkylation sites (tertiary alicyclic amines) is 1. The first-order valence-corrected chi connectivity index (χ1v) is 5.82. The van der Waals surface area contributed by atoms with Crippen LogP contribution in [0.2, 0.25) is 0 Å². The number of benzene rings is 1. The van der Waals surface area contributed by atoms with Gasteiger partial charge in [-0.15, -0.1) is 0 Å². The van der Waals surface area contributed by atoms with Crippen molar-refractivity contribution in [1.82, 2.24) is 4.90 Å². The Hall–Kier alpha value is -1.71. The second-order valence-electron chi connectivity index (χ2n) is 4.34. The molecular formula is C13H17NO3. The lowest BCUT2D eigenvalue weighted by molar-refractivity contribution is 0.130. The van der Waals surface area contributed by atoms with Crippen LogP contribution in [0.1, 0.15) is 24.3 Å². The standard InChI is InChI=1S/C13H17NO3/c1-17-12-6-2-4-10(8-12)11-5-3-7-14(9-11)13(15)16/h2,4,6,8,11H,3,5,7,9H2,1H3,(H,15,16). The molecule has 0 aliphatic carbocycles. The highest BCUT2D eigenvalue weighted by molar-refractivity contribution is 5.65. The van der Waals surface area contributed by atoms with Crippen molar-refractivity contribution in [2.24, 2.45) is 0 Å². The quantitative estimate of drug-likeness (QED) is 0.857. The van der Waals surface area contributed by atoms with E-state index in [2.05, 4.69) is 0 Å². The van der Waals surface area contributed by atoms with Crippen molar-refractivity contribution in [2.45, 2.75) is 18.8 Å². The Morgan fingerprint density at radius 2 is 2.35 bits per heavy atom. The molecule has 1 amide bonds. The van der Waals surface area contributed by atoms with Crippen LogP contribution in [-0.4, -0.2) is 36.3 Å². The maximum Gasteiger partial charge on any atom is 0.407 e. The minimum Gasteiger partial charge on any atom is -0.497 e.